The van der Waals surface area contributed by atoms with E-state index < -0.39 is 16.0 Å². The second-order valence-corrected chi connectivity index (χ2v) is 6.91. The molecule has 0 spiro atoms. The summed E-state index contributed by atoms with van der Waals surface area (Å²) in [6.45, 7) is 5.67. The Labute approximate surface area is 120 Å². The minimum atomic E-state index is -3.57. The fourth-order valence-corrected chi connectivity index (χ4v) is 3.56. The summed E-state index contributed by atoms with van der Waals surface area (Å²) >= 11 is 0. The predicted octanol–water partition coefficient (Wildman–Crippen LogP) is 2.26. The summed E-state index contributed by atoms with van der Waals surface area (Å²) in [5, 5.41) is 8.65. The highest BCUT2D eigenvalue weighted by Crippen LogP contribution is 2.19. The molecule has 1 N–H and O–H groups in total. The van der Waals surface area contributed by atoms with Crippen LogP contribution in [0.15, 0.2) is 29.2 Å². The number of aryl methyl sites for hydroxylation is 1. The molecule has 0 aliphatic rings. The minimum absolute atomic E-state index is 0.0351. The van der Waals surface area contributed by atoms with Crippen LogP contribution < -0.4 is 0 Å². The van der Waals surface area contributed by atoms with Gasteiger partial charge in [-0.2, -0.15) is 4.31 Å². The van der Waals surface area contributed by atoms with E-state index in [0.717, 1.165) is 5.56 Å². The monoisotopic (exact) mass is 299 g/mol. The van der Waals surface area contributed by atoms with Crippen LogP contribution in [0.25, 0.3) is 0 Å². The van der Waals surface area contributed by atoms with Gasteiger partial charge >= 0.3 is 5.97 Å². The molecule has 6 heteroatoms. The zero-order valence-electron chi connectivity index (χ0n) is 12.0. The number of hydrogen-bond acceptors (Lipinski definition) is 3. The van der Waals surface area contributed by atoms with Crippen molar-refractivity contribution in [2.24, 2.45) is 0 Å². The van der Waals surface area contributed by atoms with Gasteiger partial charge in [0.15, 0.2) is 0 Å². The summed E-state index contributed by atoms with van der Waals surface area (Å²) in [4.78, 5) is 10.8. The highest BCUT2D eigenvalue weighted by molar-refractivity contribution is 7.89. The van der Waals surface area contributed by atoms with E-state index in [4.69, 9.17) is 5.11 Å². The van der Waals surface area contributed by atoms with Gasteiger partial charge in [-0.3, -0.25) is 4.79 Å². The van der Waals surface area contributed by atoms with Crippen LogP contribution in [0.3, 0.4) is 0 Å². The van der Waals surface area contributed by atoms with E-state index in [-0.39, 0.29) is 23.9 Å². The minimum Gasteiger partial charge on any atom is -0.481 e. The van der Waals surface area contributed by atoms with Gasteiger partial charge in [-0.1, -0.05) is 17.7 Å². The van der Waals surface area contributed by atoms with Gasteiger partial charge in [0.1, 0.15) is 0 Å². The smallest absolute Gasteiger partial charge is 0.303 e. The van der Waals surface area contributed by atoms with Gasteiger partial charge < -0.3 is 5.11 Å². The van der Waals surface area contributed by atoms with Gasteiger partial charge in [-0.15, -0.1) is 0 Å². The van der Waals surface area contributed by atoms with E-state index in [1.54, 1.807) is 38.1 Å². The third-order valence-corrected chi connectivity index (χ3v) is 5.06. The van der Waals surface area contributed by atoms with Crippen LogP contribution in [0.1, 0.15) is 32.3 Å². The lowest BCUT2D eigenvalue weighted by Crippen LogP contribution is -2.37. The van der Waals surface area contributed by atoms with Crippen molar-refractivity contribution in [3.05, 3.63) is 29.8 Å². The first-order valence-corrected chi connectivity index (χ1v) is 7.99. The molecule has 0 radical (unpaired) electrons. The van der Waals surface area contributed by atoms with E-state index in [2.05, 4.69) is 0 Å². The maximum absolute atomic E-state index is 12.5. The standard InChI is InChI=1S/C14H21NO4S/c1-11(2)15(10-4-5-14(16)17)20(18,19)13-8-6-12(3)7-9-13/h6-9,11H,4-5,10H2,1-3H3,(H,16,17). The predicted molar refractivity (Wildman–Crippen MR) is 77.1 cm³/mol. The van der Waals surface area contributed by atoms with Crippen molar-refractivity contribution in [2.45, 2.75) is 44.6 Å². The molecule has 20 heavy (non-hydrogen) atoms. The van der Waals surface area contributed by atoms with Crippen LogP contribution in [-0.2, 0) is 14.8 Å². The third-order valence-electron chi connectivity index (χ3n) is 2.97. The molecule has 0 saturated carbocycles. The molecule has 0 atom stereocenters. The van der Waals surface area contributed by atoms with Gasteiger partial charge in [0.05, 0.1) is 4.90 Å². The molecule has 0 fully saturated rings. The summed E-state index contributed by atoms with van der Waals surface area (Å²) in [6.07, 6.45) is 0.269. The van der Waals surface area contributed by atoms with Crippen molar-refractivity contribution in [3.8, 4) is 0 Å². The average Bonchev–Trinajstić information content (AvgIpc) is 2.34. The van der Waals surface area contributed by atoms with Crippen molar-refractivity contribution in [3.63, 3.8) is 0 Å². The molecule has 0 aromatic heterocycles. The Balaban J connectivity index is 2.94. The molecule has 0 aliphatic carbocycles. The number of carboxylic acid groups (broad SMARTS) is 1. The topological polar surface area (TPSA) is 74.7 Å². The first kappa shape index (κ1) is 16.7. The Kier molecular flexibility index (Phi) is 5.71. The van der Waals surface area contributed by atoms with Crippen molar-refractivity contribution >= 4 is 16.0 Å². The van der Waals surface area contributed by atoms with E-state index in [0.29, 0.717) is 6.42 Å². The molecule has 0 saturated heterocycles. The summed E-state index contributed by atoms with van der Waals surface area (Å²) in [5.74, 6) is -0.915. The highest BCUT2D eigenvalue weighted by Gasteiger charge is 2.26. The number of benzene rings is 1. The molecular formula is C14H21NO4S. The third kappa shape index (κ3) is 4.31. The fourth-order valence-electron chi connectivity index (χ4n) is 1.89. The lowest BCUT2D eigenvalue weighted by molar-refractivity contribution is -0.137. The number of sulfonamides is 1. The molecule has 0 heterocycles. The molecule has 0 bridgehead atoms. The molecule has 0 unspecified atom stereocenters. The van der Waals surface area contributed by atoms with E-state index in [1.807, 2.05) is 6.92 Å². The first-order chi connectivity index (χ1) is 9.25. The number of rotatable bonds is 7. The van der Waals surface area contributed by atoms with Crippen molar-refractivity contribution in [1.82, 2.24) is 4.31 Å². The molecular weight excluding hydrogens is 278 g/mol. The Morgan fingerprint density at radius 1 is 1.25 bits per heavy atom. The zero-order valence-corrected chi connectivity index (χ0v) is 12.9. The van der Waals surface area contributed by atoms with Crippen LogP contribution in [-0.4, -0.2) is 36.4 Å². The highest BCUT2D eigenvalue weighted by atomic mass is 32.2. The van der Waals surface area contributed by atoms with Crippen LogP contribution >= 0.6 is 0 Å². The summed E-state index contributed by atoms with van der Waals surface area (Å²) in [7, 11) is -3.57. The Morgan fingerprint density at radius 3 is 2.25 bits per heavy atom. The lowest BCUT2D eigenvalue weighted by atomic mass is 10.2. The van der Waals surface area contributed by atoms with Gasteiger partial charge in [-0.05, 0) is 39.3 Å². The molecule has 1 aromatic carbocycles. The van der Waals surface area contributed by atoms with Crippen LogP contribution in [0.5, 0.6) is 0 Å². The maximum Gasteiger partial charge on any atom is 0.303 e. The normalized spacial score (nSPS) is 12.1. The van der Waals surface area contributed by atoms with Gasteiger partial charge in [0.2, 0.25) is 10.0 Å². The number of carboxylic acids is 1. The van der Waals surface area contributed by atoms with Gasteiger partial charge in [0, 0.05) is 19.0 Å². The Morgan fingerprint density at radius 2 is 1.80 bits per heavy atom. The van der Waals surface area contributed by atoms with E-state index in [9.17, 15) is 13.2 Å². The van der Waals surface area contributed by atoms with Crippen LogP contribution in [0.2, 0.25) is 0 Å². The Hall–Kier alpha value is -1.40. The maximum atomic E-state index is 12.5. The van der Waals surface area contributed by atoms with Gasteiger partial charge in [-0.25, -0.2) is 8.42 Å². The first-order valence-electron chi connectivity index (χ1n) is 6.55. The van der Waals surface area contributed by atoms with Gasteiger partial charge in [0.25, 0.3) is 0 Å². The summed E-state index contributed by atoms with van der Waals surface area (Å²) in [5.41, 5.74) is 0.992. The van der Waals surface area contributed by atoms with Crippen molar-refractivity contribution in [2.75, 3.05) is 6.54 Å². The van der Waals surface area contributed by atoms with Crippen molar-refractivity contribution in [1.29, 1.82) is 0 Å². The second-order valence-electron chi connectivity index (χ2n) is 5.02. The number of hydrogen-bond donors (Lipinski definition) is 1. The molecule has 5 nitrogen and oxygen atoms in total. The largest absolute Gasteiger partial charge is 0.481 e. The quantitative estimate of drug-likeness (QED) is 0.838. The molecule has 0 aliphatic heterocycles. The SMILES string of the molecule is Cc1ccc(S(=O)(=O)N(CCCC(=O)O)C(C)C)cc1. The van der Waals surface area contributed by atoms with Crippen LogP contribution in [0.4, 0.5) is 0 Å². The summed E-state index contributed by atoms with van der Waals surface area (Å²) < 4.78 is 26.4. The molecule has 112 valence electrons. The number of aliphatic carboxylic acids is 1. The zero-order chi connectivity index (χ0) is 15.3. The summed E-state index contributed by atoms with van der Waals surface area (Å²) in [6, 6.07) is 6.45. The number of carbonyl (C=O) groups is 1. The molecule has 1 rings (SSSR count). The number of nitrogens with zero attached hydrogens (tertiary/aromatic N) is 1. The molecule has 1 aromatic rings. The van der Waals surface area contributed by atoms with Crippen molar-refractivity contribution < 1.29 is 18.3 Å². The van der Waals surface area contributed by atoms with Crippen LogP contribution in [0, 0.1) is 6.92 Å². The van der Waals surface area contributed by atoms with E-state index in [1.165, 1.54) is 4.31 Å². The average molecular weight is 299 g/mol. The lowest BCUT2D eigenvalue weighted by Gasteiger charge is -2.25. The Bertz CT molecular complexity index is 549. The molecule has 0 amide bonds. The fraction of sp³-hybridized carbons (Fsp3) is 0.500. The second kappa shape index (κ2) is 6.85. The van der Waals surface area contributed by atoms with E-state index >= 15 is 0 Å².